The van der Waals surface area contributed by atoms with Crippen LogP contribution in [-0.2, 0) is 6.54 Å². The predicted molar refractivity (Wildman–Crippen MR) is 116 cm³/mol. The van der Waals surface area contributed by atoms with Gasteiger partial charge in [-0.15, -0.1) is 10.2 Å². The van der Waals surface area contributed by atoms with E-state index in [2.05, 4.69) is 16.3 Å². The van der Waals surface area contributed by atoms with Gasteiger partial charge in [-0.05, 0) is 54.6 Å². The number of nitriles is 1. The largest absolute Gasteiger partial charge is 0.493 e. The number of thioether (sulfide) groups is 1. The van der Waals surface area contributed by atoms with Crippen LogP contribution in [-0.4, -0.2) is 27.1 Å². The second-order valence-electron chi connectivity index (χ2n) is 6.32. The van der Waals surface area contributed by atoms with Crippen molar-refractivity contribution in [2.45, 2.75) is 11.7 Å². The summed E-state index contributed by atoms with van der Waals surface area (Å²) in [7, 11) is 0. The van der Waals surface area contributed by atoms with Gasteiger partial charge in [0.05, 0.1) is 31.0 Å². The molecule has 0 aliphatic rings. The summed E-state index contributed by atoms with van der Waals surface area (Å²) in [6.07, 6.45) is 1.65. The van der Waals surface area contributed by atoms with Crippen LogP contribution in [0.2, 0.25) is 5.02 Å². The summed E-state index contributed by atoms with van der Waals surface area (Å²) in [5, 5.41) is 19.2. The molecule has 0 aliphatic heterocycles. The summed E-state index contributed by atoms with van der Waals surface area (Å²) in [6, 6.07) is 20.5. The predicted octanol–water partition coefficient (Wildman–Crippen LogP) is 5.28. The highest BCUT2D eigenvalue weighted by atomic mass is 35.5. The molecule has 2 aromatic heterocycles. The molecule has 0 saturated heterocycles. The molecule has 0 saturated carbocycles. The number of hydrogen-bond acceptors (Lipinski definition) is 6. The maximum absolute atomic E-state index is 8.99. The zero-order chi connectivity index (χ0) is 20.8. The van der Waals surface area contributed by atoms with E-state index >= 15 is 0 Å². The quantitative estimate of drug-likeness (QED) is 0.276. The number of rotatable bonds is 8. The lowest BCUT2D eigenvalue weighted by Gasteiger charge is -2.10. The fourth-order valence-corrected chi connectivity index (χ4v) is 3.74. The van der Waals surface area contributed by atoms with Crippen molar-refractivity contribution in [1.29, 1.82) is 5.26 Å². The average molecular weight is 437 g/mol. The zero-order valence-corrected chi connectivity index (χ0v) is 17.4. The topological polar surface area (TPSA) is 76.9 Å². The molecular formula is C22H17ClN4O2S. The van der Waals surface area contributed by atoms with Crippen molar-refractivity contribution in [3.63, 3.8) is 0 Å². The molecule has 6 nitrogen and oxygen atoms in total. The van der Waals surface area contributed by atoms with Crippen molar-refractivity contribution in [1.82, 2.24) is 14.8 Å². The van der Waals surface area contributed by atoms with Crippen molar-refractivity contribution >= 4 is 23.4 Å². The Morgan fingerprint density at radius 3 is 2.73 bits per heavy atom. The molecule has 0 radical (unpaired) electrons. The Morgan fingerprint density at radius 1 is 1.10 bits per heavy atom. The fourth-order valence-electron chi connectivity index (χ4n) is 2.86. The molecule has 4 aromatic rings. The fraction of sp³-hybridized carbons (Fsp3) is 0.136. The number of furan rings is 1. The molecule has 0 unspecified atom stereocenters. The summed E-state index contributed by atoms with van der Waals surface area (Å²) in [4.78, 5) is 0. The molecule has 0 atom stereocenters. The van der Waals surface area contributed by atoms with E-state index in [0.29, 0.717) is 35.2 Å². The van der Waals surface area contributed by atoms with Crippen molar-refractivity contribution in [3.05, 3.63) is 83.3 Å². The molecule has 0 amide bonds. The number of nitrogens with zero attached hydrogens (tertiary/aromatic N) is 4. The highest BCUT2D eigenvalue weighted by Gasteiger charge is 2.16. The Bertz CT molecular complexity index is 1150. The molecule has 2 aromatic carbocycles. The average Bonchev–Trinajstić information content (AvgIpc) is 3.43. The Morgan fingerprint density at radius 2 is 1.97 bits per heavy atom. The third kappa shape index (κ3) is 4.85. The van der Waals surface area contributed by atoms with E-state index in [0.717, 1.165) is 22.3 Å². The Kier molecular flexibility index (Phi) is 6.38. The van der Waals surface area contributed by atoms with E-state index in [1.807, 2.05) is 47.0 Å². The summed E-state index contributed by atoms with van der Waals surface area (Å²) in [5.74, 6) is 2.91. The summed E-state index contributed by atoms with van der Waals surface area (Å²) in [6.45, 7) is 0.995. The smallest absolute Gasteiger partial charge is 0.192 e. The zero-order valence-electron chi connectivity index (χ0n) is 15.9. The Hall–Kier alpha value is -3.21. The van der Waals surface area contributed by atoms with Crippen LogP contribution in [0.4, 0.5) is 0 Å². The van der Waals surface area contributed by atoms with Gasteiger partial charge >= 0.3 is 0 Å². The van der Waals surface area contributed by atoms with Crippen LogP contribution in [0.3, 0.4) is 0 Å². The summed E-state index contributed by atoms with van der Waals surface area (Å²) >= 11 is 7.57. The first kappa shape index (κ1) is 20.1. The minimum atomic E-state index is 0.476. The first-order chi connectivity index (χ1) is 14.7. The number of hydrogen-bond donors (Lipinski definition) is 0. The van der Waals surface area contributed by atoms with Crippen LogP contribution in [0.25, 0.3) is 11.4 Å². The summed E-state index contributed by atoms with van der Waals surface area (Å²) in [5.41, 5.74) is 1.50. The molecular weight excluding hydrogens is 420 g/mol. The van der Waals surface area contributed by atoms with Gasteiger partial charge in [0.25, 0.3) is 0 Å². The lowest BCUT2D eigenvalue weighted by molar-refractivity contribution is 0.343. The van der Waals surface area contributed by atoms with Crippen LogP contribution in [0, 0.1) is 11.3 Å². The van der Waals surface area contributed by atoms with E-state index in [1.54, 1.807) is 36.2 Å². The second-order valence-corrected chi connectivity index (χ2v) is 7.81. The molecule has 0 aliphatic carbocycles. The molecule has 0 bridgehead atoms. The van der Waals surface area contributed by atoms with Gasteiger partial charge in [0.1, 0.15) is 11.5 Å². The molecule has 30 heavy (non-hydrogen) atoms. The second kappa shape index (κ2) is 9.53. The highest BCUT2D eigenvalue weighted by Crippen LogP contribution is 2.26. The van der Waals surface area contributed by atoms with Gasteiger partial charge in [-0.3, -0.25) is 4.57 Å². The van der Waals surface area contributed by atoms with Gasteiger partial charge in [-0.1, -0.05) is 29.4 Å². The molecule has 0 spiro atoms. The van der Waals surface area contributed by atoms with Crippen LogP contribution in [0.5, 0.6) is 5.75 Å². The van der Waals surface area contributed by atoms with Gasteiger partial charge in [0.2, 0.25) is 0 Å². The van der Waals surface area contributed by atoms with Gasteiger partial charge < -0.3 is 9.15 Å². The number of ether oxygens (including phenoxy) is 1. The highest BCUT2D eigenvalue weighted by molar-refractivity contribution is 7.99. The Labute approximate surface area is 183 Å². The maximum Gasteiger partial charge on any atom is 0.192 e. The van der Waals surface area contributed by atoms with Gasteiger partial charge in [-0.25, -0.2) is 0 Å². The minimum Gasteiger partial charge on any atom is -0.493 e. The van der Waals surface area contributed by atoms with Crippen LogP contribution in [0.15, 0.2) is 76.5 Å². The van der Waals surface area contributed by atoms with Gasteiger partial charge in [0, 0.05) is 16.3 Å². The summed E-state index contributed by atoms with van der Waals surface area (Å²) < 4.78 is 13.3. The molecule has 150 valence electrons. The standard InChI is InChI=1S/C22H17ClN4O2S/c23-18-8-6-17(7-9-18)21-25-26-22(27(21)15-20-5-2-10-28-20)30-12-11-29-19-4-1-3-16(13-19)14-24/h1-10,13H,11-12,15H2. The van der Waals surface area contributed by atoms with Gasteiger partial charge in [-0.2, -0.15) is 5.26 Å². The van der Waals surface area contributed by atoms with Gasteiger partial charge in [0.15, 0.2) is 11.0 Å². The number of benzene rings is 2. The lowest BCUT2D eigenvalue weighted by atomic mass is 10.2. The van der Waals surface area contributed by atoms with E-state index in [-0.39, 0.29) is 0 Å². The van der Waals surface area contributed by atoms with Crippen molar-refractivity contribution in [3.8, 4) is 23.2 Å². The lowest BCUT2D eigenvalue weighted by Crippen LogP contribution is -2.05. The first-order valence-corrected chi connectivity index (χ1v) is 10.6. The third-order valence-electron chi connectivity index (χ3n) is 4.26. The number of halogens is 1. The SMILES string of the molecule is N#Cc1cccc(OCCSc2nnc(-c3ccc(Cl)cc3)n2Cc2ccco2)c1. The van der Waals surface area contributed by atoms with Crippen molar-refractivity contribution < 1.29 is 9.15 Å². The van der Waals surface area contributed by atoms with Crippen molar-refractivity contribution in [2.24, 2.45) is 0 Å². The molecule has 8 heteroatoms. The normalized spacial score (nSPS) is 10.7. The molecule has 0 N–H and O–H groups in total. The van der Waals surface area contributed by atoms with E-state index < -0.39 is 0 Å². The third-order valence-corrected chi connectivity index (χ3v) is 5.44. The van der Waals surface area contributed by atoms with Crippen LogP contribution >= 0.6 is 23.4 Å². The first-order valence-electron chi connectivity index (χ1n) is 9.20. The van der Waals surface area contributed by atoms with Crippen LogP contribution in [0.1, 0.15) is 11.3 Å². The van der Waals surface area contributed by atoms with Crippen LogP contribution < -0.4 is 4.74 Å². The van der Waals surface area contributed by atoms with E-state index in [9.17, 15) is 0 Å². The molecule has 0 fully saturated rings. The minimum absolute atomic E-state index is 0.476. The van der Waals surface area contributed by atoms with E-state index in [1.165, 1.54) is 0 Å². The monoisotopic (exact) mass is 436 g/mol. The van der Waals surface area contributed by atoms with Crippen molar-refractivity contribution in [2.75, 3.05) is 12.4 Å². The van der Waals surface area contributed by atoms with E-state index in [4.69, 9.17) is 26.0 Å². The maximum atomic E-state index is 8.99. The number of aromatic nitrogens is 3. The molecule has 2 heterocycles. The molecule has 4 rings (SSSR count). The Balaban J connectivity index is 1.48.